The third-order valence-corrected chi connectivity index (χ3v) is 6.71. The van der Waals surface area contributed by atoms with Gasteiger partial charge in [-0.15, -0.1) is 4.91 Å². The number of benzene rings is 4. The molecule has 0 saturated carbocycles. The van der Waals surface area contributed by atoms with Gasteiger partial charge in [-0.3, -0.25) is 0 Å². The van der Waals surface area contributed by atoms with Gasteiger partial charge in [0, 0.05) is 11.1 Å². The topological polar surface area (TPSA) is 76.0 Å². The number of carboxylic acids is 1. The molecule has 0 aliphatic heterocycles. The summed E-state index contributed by atoms with van der Waals surface area (Å²) in [5.41, 5.74) is 5.56. The maximum atomic E-state index is 12.4. The molecule has 0 aliphatic carbocycles. The summed E-state index contributed by atoms with van der Waals surface area (Å²) >= 11 is 0. The molecule has 0 saturated heterocycles. The Labute approximate surface area is 224 Å². The summed E-state index contributed by atoms with van der Waals surface area (Å²) in [5, 5.41) is 14.5. The second-order valence-electron chi connectivity index (χ2n) is 11.4. The van der Waals surface area contributed by atoms with E-state index in [9.17, 15) is 14.8 Å². The number of hydrogen-bond donors (Lipinski definition) is 1. The zero-order valence-electron chi connectivity index (χ0n) is 22.9. The summed E-state index contributed by atoms with van der Waals surface area (Å²) in [6.45, 7) is 13.3. The summed E-state index contributed by atoms with van der Waals surface area (Å²) in [4.78, 5) is 24.1. The fourth-order valence-corrected chi connectivity index (χ4v) is 4.69. The molecule has 0 amide bonds. The smallest absolute Gasteiger partial charge is 0.336 e. The van der Waals surface area contributed by atoms with Gasteiger partial charge in [-0.25, -0.2) is 4.79 Å². The summed E-state index contributed by atoms with van der Waals surface area (Å²) in [6, 6.07) is 22.2. The predicted molar refractivity (Wildman–Crippen MR) is 154 cm³/mol. The molecule has 4 aromatic rings. The minimum atomic E-state index is -0.983. The van der Waals surface area contributed by atoms with E-state index in [4.69, 9.17) is 4.74 Å². The lowest BCUT2D eigenvalue weighted by Gasteiger charge is -2.28. The number of carbonyl (C=O) groups is 1. The Balaban J connectivity index is 1.94. The van der Waals surface area contributed by atoms with E-state index < -0.39 is 12.0 Å². The third-order valence-electron chi connectivity index (χ3n) is 6.71. The Bertz CT molecular complexity index is 1480. The lowest BCUT2D eigenvalue weighted by atomic mass is 9.81. The molecule has 0 aliphatic rings. The van der Waals surface area contributed by atoms with E-state index in [1.165, 1.54) is 0 Å². The summed E-state index contributed by atoms with van der Waals surface area (Å²) in [5.74, 6) is 0.196. The first-order valence-electron chi connectivity index (χ1n) is 13.0. The first kappa shape index (κ1) is 27.1. The number of rotatable bonds is 8. The van der Waals surface area contributed by atoms with E-state index in [2.05, 4.69) is 71.0 Å². The van der Waals surface area contributed by atoms with Crippen LogP contribution in [0.5, 0.6) is 5.75 Å². The van der Waals surface area contributed by atoms with Crippen LogP contribution >= 0.6 is 0 Å². The molecule has 0 spiro atoms. The molecule has 0 radical (unpaired) electrons. The van der Waals surface area contributed by atoms with Gasteiger partial charge in [-0.2, -0.15) is 0 Å². The highest BCUT2D eigenvalue weighted by Gasteiger charge is 2.27. The summed E-state index contributed by atoms with van der Waals surface area (Å²) in [6.07, 6.45) is 0. The van der Waals surface area contributed by atoms with Gasteiger partial charge in [0.25, 0.3) is 0 Å². The van der Waals surface area contributed by atoms with E-state index in [1.54, 1.807) is 24.3 Å². The molecule has 0 heterocycles. The van der Waals surface area contributed by atoms with Crippen LogP contribution in [-0.4, -0.2) is 17.7 Å². The Kier molecular flexibility index (Phi) is 7.68. The minimum absolute atomic E-state index is 0.230. The molecular formula is C33H35NO4. The van der Waals surface area contributed by atoms with Crippen LogP contribution in [0.1, 0.15) is 73.3 Å². The molecule has 0 fully saturated rings. The van der Waals surface area contributed by atoms with Crippen molar-refractivity contribution in [2.75, 3.05) is 6.61 Å². The van der Waals surface area contributed by atoms with Gasteiger partial charge >= 0.3 is 5.97 Å². The van der Waals surface area contributed by atoms with Crippen LogP contribution in [-0.2, 0) is 5.41 Å². The highest BCUT2D eigenvalue weighted by molar-refractivity contribution is 6.03. The first-order valence-corrected chi connectivity index (χ1v) is 13.0. The maximum Gasteiger partial charge on any atom is 0.336 e. The SMILES string of the molecule is Cc1ccc(-c2cc(C(N=O)c3ccc4c(C(=O)O)cccc4c3)cc(C(C)(C)C)c2OCC(C)C)cc1. The second-order valence-corrected chi connectivity index (χ2v) is 11.4. The van der Waals surface area contributed by atoms with Crippen LogP contribution in [0.3, 0.4) is 0 Å². The fourth-order valence-electron chi connectivity index (χ4n) is 4.69. The van der Waals surface area contributed by atoms with Crippen molar-refractivity contribution in [3.63, 3.8) is 0 Å². The molecule has 1 atom stereocenters. The fraction of sp³-hybridized carbons (Fsp3) is 0.303. The van der Waals surface area contributed by atoms with Crippen molar-refractivity contribution in [3.05, 3.63) is 106 Å². The quantitative estimate of drug-likeness (QED) is 0.241. The Hall–Kier alpha value is -3.99. The third kappa shape index (κ3) is 5.62. The normalized spacial score (nSPS) is 12.5. The van der Waals surface area contributed by atoms with E-state index in [0.29, 0.717) is 23.5 Å². The van der Waals surface area contributed by atoms with Crippen molar-refractivity contribution in [2.45, 2.75) is 53.0 Å². The van der Waals surface area contributed by atoms with Crippen molar-refractivity contribution >= 4 is 16.7 Å². The lowest BCUT2D eigenvalue weighted by Crippen LogP contribution is -2.17. The molecule has 5 heteroatoms. The van der Waals surface area contributed by atoms with Gasteiger partial charge in [-0.1, -0.05) is 93.9 Å². The largest absolute Gasteiger partial charge is 0.492 e. The molecule has 196 valence electrons. The zero-order chi connectivity index (χ0) is 27.6. The average molecular weight is 510 g/mol. The standard InChI is InChI=1S/C33H35NO4/c1-20(2)19-38-31-28(22-12-10-21(3)11-13-22)17-25(18-29(31)33(4,5)6)30(34-37)24-14-15-26-23(16-24)8-7-9-27(26)32(35)36/h7-18,20,30H,19H2,1-6H3,(H,35,36). The average Bonchev–Trinajstić information content (AvgIpc) is 2.87. The number of nitrogens with zero attached hydrogens (tertiary/aromatic N) is 1. The molecule has 38 heavy (non-hydrogen) atoms. The summed E-state index contributed by atoms with van der Waals surface area (Å²) in [7, 11) is 0. The summed E-state index contributed by atoms with van der Waals surface area (Å²) < 4.78 is 6.44. The van der Waals surface area contributed by atoms with Crippen molar-refractivity contribution < 1.29 is 14.6 Å². The molecule has 4 rings (SSSR count). The predicted octanol–water partition coefficient (Wildman–Crippen LogP) is 8.70. The van der Waals surface area contributed by atoms with E-state index in [0.717, 1.165) is 39.0 Å². The maximum absolute atomic E-state index is 12.4. The van der Waals surface area contributed by atoms with E-state index in [1.807, 2.05) is 24.3 Å². The number of ether oxygens (including phenoxy) is 1. The molecule has 5 nitrogen and oxygen atoms in total. The van der Waals surface area contributed by atoms with Gasteiger partial charge in [0.2, 0.25) is 0 Å². The number of hydrogen-bond acceptors (Lipinski definition) is 4. The highest BCUT2D eigenvalue weighted by atomic mass is 16.5. The number of aryl methyl sites for hydroxylation is 1. The number of nitroso groups, excluding NO2 is 1. The van der Waals surface area contributed by atoms with Crippen LogP contribution in [0.25, 0.3) is 21.9 Å². The Morgan fingerprint density at radius 1 is 0.947 bits per heavy atom. The molecule has 0 bridgehead atoms. The van der Waals surface area contributed by atoms with Gasteiger partial charge in [0.15, 0.2) is 0 Å². The van der Waals surface area contributed by atoms with Gasteiger partial charge in [0.1, 0.15) is 11.8 Å². The Morgan fingerprint density at radius 3 is 2.26 bits per heavy atom. The van der Waals surface area contributed by atoms with Crippen LogP contribution < -0.4 is 4.74 Å². The lowest BCUT2D eigenvalue weighted by molar-refractivity contribution is 0.0699. The second kappa shape index (κ2) is 10.8. The zero-order valence-corrected chi connectivity index (χ0v) is 22.9. The Morgan fingerprint density at radius 2 is 1.66 bits per heavy atom. The number of carboxylic acid groups (broad SMARTS) is 1. The monoisotopic (exact) mass is 509 g/mol. The van der Waals surface area contributed by atoms with Crippen molar-refractivity contribution in [2.24, 2.45) is 11.1 Å². The van der Waals surface area contributed by atoms with Gasteiger partial charge in [0.05, 0.1) is 12.2 Å². The van der Waals surface area contributed by atoms with E-state index in [-0.39, 0.29) is 11.0 Å². The van der Waals surface area contributed by atoms with Crippen LogP contribution in [0, 0.1) is 17.7 Å². The van der Waals surface area contributed by atoms with Crippen molar-refractivity contribution in [1.29, 1.82) is 0 Å². The minimum Gasteiger partial charge on any atom is -0.492 e. The number of fused-ring (bicyclic) bond motifs is 1. The molecule has 1 unspecified atom stereocenters. The van der Waals surface area contributed by atoms with E-state index >= 15 is 0 Å². The van der Waals surface area contributed by atoms with Crippen LogP contribution in [0.2, 0.25) is 0 Å². The van der Waals surface area contributed by atoms with Gasteiger partial charge in [-0.05, 0) is 70.0 Å². The van der Waals surface area contributed by atoms with Crippen molar-refractivity contribution in [3.8, 4) is 16.9 Å². The van der Waals surface area contributed by atoms with Crippen LogP contribution in [0.4, 0.5) is 0 Å². The molecule has 4 aromatic carbocycles. The van der Waals surface area contributed by atoms with Crippen molar-refractivity contribution in [1.82, 2.24) is 0 Å². The molecular weight excluding hydrogens is 474 g/mol. The molecule has 1 N–H and O–H groups in total. The van der Waals surface area contributed by atoms with Gasteiger partial charge < -0.3 is 9.84 Å². The highest BCUT2D eigenvalue weighted by Crippen LogP contribution is 2.43. The number of aromatic carboxylic acids is 1. The molecule has 0 aromatic heterocycles. The first-order chi connectivity index (χ1) is 18.0. The van der Waals surface area contributed by atoms with Crippen LogP contribution in [0.15, 0.2) is 78.0 Å².